The average molecular weight is 447 g/mol. The summed E-state index contributed by atoms with van der Waals surface area (Å²) in [7, 11) is 2.84. The summed E-state index contributed by atoms with van der Waals surface area (Å²) in [5.41, 5.74) is 5.58. The molecule has 2 atom stereocenters. The number of urea groups is 1. The van der Waals surface area contributed by atoms with Crippen LogP contribution in [0.2, 0.25) is 0 Å². The van der Waals surface area contributed by atoms with Crippen LogP contribution in [0.15, 0.2) is 20.8 Å². The number of thiazole rings is 1. The number of anilines is 1. The largest absolute Gasteiger partial charge is 0.383 e. The minimum absolute atomic E-state index is 0.243. The van der Waals surface area contributed by atoms with Crippen LogP contribution in [-0.2, 0) is 35.7 Å². The molecule has 1 aromatic heterocycles. The van der Waals surface area contributed by atoms with Crippen molar-refractivity contribution < 1.29 is 9.90 Å². The van der Waals surface area contributed by atoms with E-state index in [1.807, 2.05) is 7.05 Å². The molecule has 2 aromatic rings. The van der Waals surface area contributed by atoms with Crippen LogP contribution < -0.4 is 9.62 Å². The van der Waals surface area contributed by atoms with Crippen LogP contribution in [0.3, 0.4) is 0 Å². The highest BCUT2D eigenvalue weighted by atomic mass is 32.2. The molecule has 2 aliphatic rings. The van der Waals surface area contributed by atoms with Crippen LogP contribution in [0.1, 0.15) is 66.8 Å². The van der Waals surface area contributed by atoms with Gasteiger partial charge in [-0.2, -0.15) is 4.36 Å². The van der Waals surface area contributed by atoms with Gasteiger partial charge in [-0.1, -0.05) is 13.0 Å². The van der Waals surface area contributed by atoms with Crippen molar-refractivity contribution in [1.82, 2.24) is 9.71 Å². The molecule has 4 rings (SSSR count). The number of benzene rings is 1. The standard InChI is InChI=1S/C22H30N4O2S2/c1-13-9-10-16-17(13)11-14-7-6-8-15(14)19(16)26(5)21(27)25-30(23-4)18-12-24-20(29-18)22(2,3)28/h11-13,28H,6-10H2,1-5H3,(H,23,25,27). The van der Waals surface area contributed by atoms with Gasteiger partial charge in [0.2, 0.25) is 0 Å². The molecule has 8 heteroatoms. The number of nitrogens with zero attached hydrogens (tertiary/aromatic N) is 3. The number of rotatable bonds is 4. The second-order valence-electron chi connectivity index (χ2n) is 8.69. The van der Waals surface area contributed by atoms with Crippen LogP contribution >= 0.6 is 11.3 Å². The molecule has 1 aromatic carbocycles. The smallest absolute Gasteiger partial charge is 0.355 e. The first-order valence-corrected chi connectivity index (χ1v) is 12.5. The van der Waals surface area contributed by atoms with Crippen LogP contribution in [-0.4, -0.2) is 30.2 Å². The Kier molecular flexibility index (Phi) is 5.87. The summed E-state index contributed by atoms with van der Waals surface area (Å²) < 4.78 is 8.48. The van der Waals surface area contributed by atoms with E-state index in [1.165, 1.54) is 33.6 Å². The van der Waals surface area contributed by atoms with Gasteiger partial charge < -0.3 is 5.11 Å². The number of carbonyl (C=O) groups excluding carboxylic acids is 1. The van der Waals surface area contributed by atoms with Gasteiger partial charge in [0.05, 0.1) is 11.9 Å². The molecule has 2 unspecified atom stereocenters. The summed E-state index contributed by atoms with van der Waals surface area (Å²) in [6, 6.07) is 2.15. The molecule has 0 radical (unpaired) electrons. The molecule has 1 heterocycles. The molecular formula is C22H30N4O2S2. The van der Waals surface area contributed by atoms with E-state index in [4.69, 9.17) is 0 Å². The second kappa shape index (κ2) is 8.15. The van der Waals surface area contributed by atoms with Crippen molar-refractivity contribution in [2.24, 2.45) is 4.36 Å². The molecule has 2 aliphatic carbocycles. The van der Waals surface area contributed by atoms with Gasteiger partial charge in [0.25, 0.3) is 0 Å². The fourth-order valence-electron chi connectivity index (χ4n) is 4.47. The monoisotopic (exact) mass is 446 g/mol. The minimum atomic E-state index is -1.01. The Labute approximate surface area is 185 Å². The SMILES string of the molecule is CN/S(=N\C(=O)N(C)c1c2c(cc3c1CCC3C)CCC2)c1cnc(C(C)(C)O)s1. The summed E-state index contributed by atoms with van der Waals surface area (Å²) in [6.07, 6.45) is 7.16. The molecule has 0 saturated heterocycles. The number of aliphatic hydroxyl groups is 1. The number of carbonyl (C=O) groups is 1. The third kappa shape index (κ3) is 3.86. The van der Waals surface area contributed by atoms with E-state index < -0.39 is 16.5 Å². The highest BCUT2D eigenvalue weighted by Crippen LogP contribution is 2.44. The zero-order chi connectivity index (χ0) is 21.6. The summed E-state index contributed by atoms with van der Waals surface area (Å²) in [5.74, 6) is 0.550. The van der Waals surface area contributed by atoms with Gasteiger partial charge in [0.1, 0.15) is 14.8 Å². The quantitative estimate of drug-likeness (QED) is 0.727. The zero-order valence-electron chi connectivity index (χ0n) is 18.3. The Morgan fingerprint density at radius 1 is 1.37 bits per heavy atom. The summed E-state index contributed by atoms with van der Waals surface area (Å²) >= 11 is 1.39. The Hall–Kier alpha value is -1.61. The molecule has 30 heavy (non-hydrogen) atoms. The van der Waals surface area contributed by atoms with Crippen LogP contribution in [0.5, 0.6) is 0 Å². The van der Waals surface area contributed by atoms with E-state index >= 15 is 0 Å². The van der Waals surface area contributed by atoms with Gasteiger partial charge in [-0.3, -0.25) is 9.62 Å². The van der Waals surface area contributed by atoms with Crippen molar-refractivity contribution in [2.45, 2.75) is 68.6 Å². The summed E-state index contributed by atoms with van der Waals surface area (Å²) in [5, 5.41) is 10.8. The molecule has 0 bridgehead atoms. The number of hydrogen-bond acceptors (Lipinski definition) is 4. The number of nitrogens with one attached hydrogen (secondary N) is 1. The molecule has 0 aliphatic heterocycles. The lowest BCUT2D eigenvalue weighted by atomic mass is 9.95. The Morgan fingerprint density at radius 2 is 2.13 bits per heavy atom. The third-order valence-electron chi connectivity index (χ3n) is 6.05. The number of amides is 2. The number of aromatic nitrogens is 1. The van der Waals surface area contributed by atoms with Gasteiger partial charge in [0, 0.05) is 17.9 Å². The lowest BCUT2D eigenvalue weighted by molar-refractivity contribution is 0.0783. The van der Waals surface area contributed by atoms with Gasteiger partial charge in [-0.25, -0.2) is 9.78 Å². The second-order valence-corrected chi connectivity index (χ2v) is 11.6. The molecule has 2 N–H and O–H groups in total. The number of fused-ring (bicyclic) bond motifs is 2. The first-order valence-electron chi connectivity index (χ1n) is 10.5. The number of aryl methyl sites for hydroxylation is 1. The van der Waals surface area contributed by atoms with E-state index in [-0.39, 0.29) is 6.03 Å². The highest BCUT2D eigenvalue weighted by Gasteiger charge is 2.31. The van der Waals surface area contributed by atoms with Crippen LogP contribution in [0, 0.1) is 0 Å². The fourth-order valence-corrected chi connectivity index (χ4v) is 6.85. The Bertz CT molecular complexity index is 1020. The van der Waals surface area contributed by atoms with Gasteiger partial charge in [0.15, 0.2) is 0 Å². The number of hydrogen-bond donors (Lipinski definition) is 2. The molecular weight excluding hydrogens is 416 g/mol. The molecule has 162 valence electrons. The molecule has 0 saturated carbocycles. The highest BCUT2D eigenvalue weighted by molar-refractivity contribution is 7.87. The average Bonchev–Trinajstić information content (AvgIpc) is 3.43. The topological polar surface area (TPSA) is 77.8 Å². The predicted octanol–water partition coefficient (Wildman–Crippen LogP) is 4.46. The zero-order valence-corrected chi connectivity index (χ0v) is 19.9. The maximum absolute atomic E-state index is 13.2. The fraction of sp³-hybridized carbons (Fsp3) is 0.545. The maximum Gasteiger partial charge on any atom is 0.355 e. The Morgan fingerprint density at radius 3 is 2.80 bits per heavy atom. The summed E-state index contributed by atoms with van der Waals surface area (Å²) in [4.78, 5) is 19.3. The Balaban J connectivity index is 1.69. The van der Waals surface area contributed by atoms with Crippen LogP contribution in [0.25, 0.3) is 0 Å². The van der Waals surface area contributed by atoms with Crippen molar-refractivity contribution in [3.05, 3.63) is 39.5 Å². The van der Waals surface area contributed by atoms with E-state index in [0.29, 0.717) is 10.9 Å². The normalized spacial score (nSPS) is 19.1. The van der Waals surface area contributed by atoms with Gasteiger partial charge in [-0.15, -0.1) is 11.3 Å². The van der Waals surface area contributed by atoms with Crippen molar-refractivity contribution >= 4 is 33.9 Å². The lowest BCUT2D eigenvalue weighted by Crippen LogP contribution is -2.27. The van der Waals surface area contributed by atoms with E-state index in [1.54, 1.807) is 32.0 Å². The maximum atomic E-state index is 13.2. The van der Waals surface area contributed by atoms with Crippen molar-refractivity contribution in [2.75, 3.05) is 19.0 Å². The molecule has 0 fully saturated rings. The van der Waals surface area contributed by atoms with Crippen molar-refractivity contribution in [1.29, 1.82) is 0 Å². The van der Waals surface area contributed by atoms with Crippen molar-refractivity contribution in [3.8, 4) is 0 Å². The van der Waals surface area contributed by atoms with Gasteiger partial charge >= 0.3 is 6.03 Å². The minimum Gasteiger partial charge on any atom is -0.383 e. The van der Waals surface area contributed by atoms with Crippen LogP contribution in [0.4, 0.5) is 10.5 Å². The third-order valence-corrected chi connectivity index (χ3v) is 9.09. The van der Waals surface area contributed by atoms with E-state index in [9.17, 15) is 9.90 Å². The van der Waals surface area contributed by atoms with E-state index in [0.717, 1.165) is 42.0 Å². The summed E-state index contributed by atoms with van der Waals surface area (Å²) in [6.45, 7) is 5.70. The van der Waals surface area contributed by atoms with E-state index in [2.05, 4.69) is 27.1 Å². The molecule has 2 amide bonds. The first-order chi connectivity index (χ1) is 14.2. The van der Waals surface area contributed by atoms with Gasteiger partial charge in [-0.05, 0) is 81.2 Å². The molecule has 6 nitrogen and oxygen atoms in total. The lowest BCUT2D eigenvalue weighted by Gasteiger charge is -2.23. The first kappa shape index (κ1) is 21.6. The molecule has 0 spiro atoms. The predicted molar refractivity (Wildman–Crippen MR) is 123 cm³/mol. The van der Waals surface area contributed by atoms with Crippen molar-refractivity contribution in [3.63, 3.8) is 0 Å².